The number of halogens is 1. The van der Waals surface area contributed by atoms with Crippen molar-refractivity contribution in [3.63, 3.8) is 0 Å². The zero-order chi connectivity index (χ0) is 22.1. The second kappa shape index (κ2) is 8.82. The molecule has 1 unspecified atom stereocenters. The number of nitriles is 1. The maximum atomic E-state index is 13.1. The maximum Gasteiger partial charge on any atom is 0.227 e. The highest BCUT2D eigenvalue weighted by molar-refractivity contribution is 9.10. The van der Waals surface area contributed by atoms with Crippen LogP contribution in [0.2, 0.25) is 0 Å². The van der Waals surface area contributed by atoms with Crippen LogP contribution in [0.4, 0.5) is 5.13 Å². The number of Topliss-reactive ketones (excluding diaryl/α,β-unsaturated/α-hetero) is 1. The number of carbonyl (C=O) groups is 2. The normalized spacial score (nSPS) is 18.8. The standard InChI is InChI=1S/C20H17BrN6O2S2/c21-12-5-2-1-4-10(12)16-11(8-22)18(24)27(13-6-3-7-14(28)17(13)16)19-25-26-20(31-19)30-9-15(23)29/h1-2,4-5,16H,3,6-7,9,24H2,(H2,23,29). The third-order valence-electron chi connectivity index (χ3n) is 5.05. The number of anilines is 1. The zero-order valence-electron chi connectivity index (χ0n) is 16.2. The highest BCUT2D eigenvalue weighted by Gasteiger charge is 2.41. The van der Waals surface area contributed by atoms with Crippen molar-refractivity contribution in [1.82, 2.24) is 10.2 Å². The SMILES string of the molecule is N#CC1=C(N)N(c2nnc(SCC(N)=O)s2)C2=C(C(=O)CCC2)C1c1ccccc1Br. The first-order valence-corrected chi connectivity index (χ1v) is 12.0. The molecule has 0 saturated heterocycles. The summed E-state index contributed by atoms with van der Waals surface area (Å²) in [6.45, 7) is 0. The minimum atomic E-state index is -0.545. The lowest BCUT2D eigenvalue weighted by atomic mass is 9.76. The van der Waals surface area contributed by atoms with Gasteiger partial charge in [0.25, 0.3) is 0 Å². The van der Waals surface area contributed by atoms with Crippen LogP contribution < -0.4 is 16.4 Å². The first kappa shape index (κ1) is 21.5. The Kier molecular flexibility index (Phi) is 6.13. The van der Waals surface area contributed by atoms with E-state index in [0.717, 1.165) is 15.7 Å². The minimum Gasteiger partial charge on any atom is -0.384 e. The molecule has 0 fully saturated rings. The van der Waals surface area contributed by atoms with E-state index >= 15 is 0 Å². The van der Waals surface area contributed by atoms with Crippen LogP contribution in [0, 0.1) is 11.3 Å². The fraction of sp³-hybridized carbons (Fsp3) is 0.250. The van der Waals surface area contributed by atoms with Gasteiger partial charge in [0.1, 0.15) is 5.82 Å². The summed E-state index contributed by atoms with van der Waals surface area (Å²) in [5.41, 5.74) is 14.1. The lowest BCUT2D eigenvalue weighted by Crippen LogP contribution is -2.38. The predicted molar refractivity (Wildman–Crippen MR) is 122 cm³/mol. The molecule has 4 rings (SSSR count). The average molecular weight is 517 g/mol. The Morgan fingerprint density at radius 1 is 1.35 bits per heavy atom. The van der Waals surface area contributed by atoms with Gasteiger partial charge in [0.2, 0.25) is 11.0 Å². The fourth-order valence-electron chi connectivity index (χ4n) is 3.81. The van der Waals surface area contributed by atoms with E-state index in [9.17, 15) is 14.9 Å². The van der Waals surface area contributed by atoms with Crippen LogP contribution in [0.25, 0.3) is 0 Å². The Hall–Kier alpha value is -2.68. The molecule has 2 heterocycles. The molecule has 0 spiro atoms. The van der Waals surface area contributed by atoms with Gasteiger partial charge in [0.15, 0.2) is 10.1 Å². The van der Waals surface area contributed by atoms with Crippen molar-refractivity contribution in [3.8, 4) is 6.07 Å². The molecule has 1 atom stereocenters. The van der Waals surface area contributed by atoms with Gasteiger partial charge >= 0.3 is 0 Å². The number of primary amides is 1. The number of nitrogens with zero attached hydrogens (tertiary/aromatic N) is 4. The number of thioether (sulfide) groups is 1. The summed E-state index contributed by atoms with van der Waals surface area (Å²) in [4.78, 5) is 25.8. The van der Waals surface area contributed by atoms with Crippen molar-refractivity contribution in [2.75, 3.05) is 10.7 Å². The van der Waals surface area contributed by atoms with Crippen LogP contribution in [0.5, 0.6) is 0 Å². The summed E-state index contributed by atoms with van der Waals surface area (Å²) in [6, 6.07) is 9.76. The Morgan fingerprint density at radius 3 is 2.84 bits per heavy atom. The number of nitrogens with two attached hydrogens (primary N) is 2. The van der Waals surface area contributed by atoms with Gasteiger partial charge in [-0.15, -0.1) is 10.2 Å². The number of rotatable bonds is 5. The second-order valence-corrected chi connectivity index (χ2v) is 9.98. The van der Waals surface area contributed by atoms with Crippen LogP contribution in [0.15, 0.2) is 55.7 Å². The zero-order valence-corrected chi connectivity index (χ0v) is 19.4. The van der Waals surface area contributed by atoms with E-state index in [0.29, 0.717) is 39.9 Å². The predicted octanol–water partition coefficient (Wildman–Crippen LogP) is 3.18. The van der Waals surface area contributed by atoms with Gasteiger partial charge in [-0.1, -0.05) is 57.2 Å². The summed E-state index contributed by atoms with van der Waals surface area (Å²) in [7, 11) is 0. The van der Waals surface area contributed by atoms with Gasteiger partial charge in [-0.05, 0) is 24.5 Å². The summed E-state index contributed by atoms with van der Waals surface area (Å²) in [5, 5.41) is 18.8. The topological polar surface area (TPSA) is 139 Å². The monoisotopic (exact) mass is 516 g/mol. The molecule has 1 aromatic heterocycles. The van der Waals surface area contributed by atoms with Crippen molar-refractivity contribution < 1.29 is 9.59 Å². The van der Waals surface area contributed by atoms with Crippen molar-refractivity contribution >= 4 is 55.9 Å². The van der Waals surface area contributed by atoms with Crippen molar-refractivity contribution in [2.24, 2.45) is 11.5 Å². The number of benzene rings is 1. The van der Waals surface area contributed by atoms with E-state index in [4.69, 9.17) is 11.5 Å². The van der Waals surface area contributed by atoms with Gasteiger partial charge in [-0.25, -0.2) is 0 Å². The first-order chi connectivity index (χ1) is 14.9. The molecule has 0 bridgehead atoms. The summed E-state index contributed by atoms with van der Waals surface area (Å²) in [5.74, 6) is -0.680. The Balaban J connectivity index is 1.86. The third-order valence-corrected chi connectivity index (χ3v) is 7.84. The molecule has 11 heteroatoms. The molecular weight excluding hydrogens is 500 g/mol. The number of hydrogen-bond acceptors (Lipinski definition) is 9. The van der Waals surface area contributed by atoms with Crippen molar-refractivity contribution in [3.05, 3.63) is 57.0 Å². The smallest absolute Gasteiger partial charge is 0.227 e. The Labute approximate surface area is 195 Å². The quantitative estimate of drug-likeness (QED) is 0.577. The molecule has 0 radical (unpaired) electrons. The van der Waals surface area contributed by atoms with Crippen LogP contribution in [0.3, 0.4) is 0 Å². The van der Waals surface area contributed by atoms with Crippen molar-refractivity contribution in [2.45, 2.75) is 29.5 Å². The Bertz CT molecular complexity index is 1180. The van der Waals surface area contributed by atoms with E-state index in [1.165, 1.54) is 23.1 Å². The summed E-state index contributed by atoms with van der Waals surface area (Å²) in [6.07, 6.45) is 1.74. The van der Waals surface area contributed by atoms with Crippen LogP contribution >= 0.6 is 39.0 Å². The molecule has 1 aliphatic heterocycles. The highest BCUT2D eigenvalue weighted by Crippen LogP contribution is 2.48. The molecule has 1 aromatic carbocycles. The van der Waals surface area contributed by atoms with Gasteiger partial charge in [-0.3, -0.25) is 14.5 Å². The van der Waals surface area contributed by atoms with Crippen LogP contribution in [-0.2, 0) is 9.59 Å². The molecule has 31 heavy (non-hydrogen) atoms. The first-order valence-electron chi connectivity index (χ1n) is 9.37. The largest absolute Gasteiger partial charge is 0.384 e. The van der Waals surface area contributed by atoms with Gasteiger partial charge in [0.05, 0.1) is 23.3 Å². The molecule has 4 N–H and O–H groups in total. The lowest BCUT2D eigenvalue weighted by molar-refractivity contribution is -0.116. The number of amides is 1. The third kappa shape index (κ3) is 3.98. The molecule has 1 amide bonds. The van der Waals surface area contributed by atoms with Gasteiger partial charge < -0.3 is 11.5 Å². The van der Waals surface area contributed by atoms with Crippen molar-refractivity contribution in [1.29, 1.82) is 5.26 Å². The van der Waals surface area contributed by atoms with Crippen LogP contribution in [-0.4, -0.2) is 27.6 Å². The van der Waals surface area contributed by atoms with Gasteiger partial charge in [0, 0.05) is 22.2 Å². The molecule has 2 aromatic rings. The van der Waals surface area contributed by atoms with E-state index in [1.54, 1.807) is 4.90 Å². The fourth-order valence-corrected chi connectivity index (χ4v) is 5.94. The summed E-state index contributed by atoms with van der Waals surface area (Å²) >= 11 is 5.97. The van der Waals surface area contributed by atoms with E-state index in [-0.39, 0.29) is 17.4 Å². The van der Waals surface area contributed by atoms with E-state index in [2.05, 4.69) is 32.2 Å². The molecule has 2 aliphatic rings. The maximum absolute atomic E-state index is 13.1. The second-order valence-electron chi connectivity index (χ2n) is 6.94. The number of hydrogen-bond donors (Lipinski definition) is 2. The number of allylic oxidation sites excluding steroid dienone is 3. The molecule has 158 valence electrons. The summed E-state index contributed by atoms with van der Waals surface area (Å²) < 4.78 is 1.36. The van der Waals surface area contributed by atoms with E-state index in [1.807, 2.05) is 24.3 Å². The molecular formula is C20H17BrN6O2S2. The Morgan fingerprint density at radius 2 is 2.13 bits per heavy atom. The van der Waals surface area contributed by atoms with Crippen LogP contribution in [0.1, 0.15) is 30.7 Å². The number of carbonyl (C=O) groups excluding carboxylic acids is 2. The number of ketones is 1. The molecule has 1 aliphatic carbocycles. The number of aromatic nitrogens is 2. The highest BCUT2D eigenvalue weighted by atomic mass is 79.9. The van der Waals surface area contributed by atoms with E-state index < -0.39 is 11.8 Å². The molecule has 8 nitrogen and oxygen atoms in total. The lowest BCUT2D eigenvalue weighted by Gasteiger charge is -2.38. The molecule has 0 saturated carbocycles. The average Bonchev–Trinajstić information content (AvgIpc) is 3.20. The van der Waals surface area contributed by atoms with Gasteiger partial charge in [-0.2, -0.15) is 5.26 Å². The minimum absolute atomic E-state index is 0.0000882.